The largest absolute Gasteiger partial charge is 0.492 e. The summed E-state index contributed by atoms with van der Waals surface area (Å²) >= 11 is 0. The van der Waals surface area contributed by atoms with Gasteiger partial charge < -0.3 is 29.6 Å². The standard InChI is InChI=1S/C19H22O6.C2H2N2O/c1-11-14(10-12-6-8-13(9-7-12)19(20)21)16(23-3)18(25-5)17(24-4)15(11)22-2;3-4-1-2-5/h6-9H,10H2,1-5H3,(H,20,21);1-2H. The second-order valence-electron chi connectivity index (χ2n) is 5.82. The lowest BCUT2D eigenvalue weighted by molar-refractivity contribution is -0.105. The van der Waals surface area contributed by atoms with E-state index in [4.69, 9.17) is 34.4 Å². The van der Waals surface area contributed by atoms with Gasteiger partial charge in [0, 0.05) is 17.5 Å². The number of ether oxygens (including phenoxy) is 4. The molecule has 2 rings (SSSR count). The minimum atomic E-state index is -0.951. The lowest BCUT2D eigenvalue weighted by atomic mass is 9.96. The normalized spacial score (nSPS) is 9.37. The number of nitrogens with zero attached hydrogens (tertiary/aromatic N) is 2. The Morgan fingerprint density at radius 2 is 1.47 bits per heavy atom. The van der Waals surface area contributed by atoms with Crippen LogP contribution in [0.3, 0.4) is 0 Å². The minimum Gasteiger partial charge on any atom is -0.492 e. The molecule has 0 aliphatic heterocycles. The van der Waals surface area contributed by atoms with Gasteiger partial charge in [-0.05, 0) is 24.6 Å². The van der Waals surface area contributed by atoms with Gasteiger partial charge in [-0.1, -0.05) is 12.1 Å². The molecule has 0 atom stereocenters. The molecular formula is C21H24N2O7. The molecule has 0 spiro atoms. The van der Waals surface area contributed by atoms with Gasteiger partial charge in [-0.15, -0.1) is 0 Å². The molecule has 160 valence electrons. The van der Waals surface area contributed by atoms with Crippen molar-refractivity contribution >= 4 is 18.5 Å². The van der Waals surface area contributed by atoms with E-state index in [2.05, 4.69) is 4.79 Å². The molecule has 0 radical (unpaired) electrons. The molecule has 0 aromatic heterocycles. The zero-order valence-electron chi connectivity index (χ0n) is 17.5. The number of hydrogen-bond acceptors (Lipinski definition) is 6. The fourth-order valence-electron chi connectivity index (χ4n) is 2.86. The van der Waals surface area contributed by atoms with Crippen molar-refractivity contribution in [1.82, 2.24) is 0 Å². The van der Waals surface area contributed by atoms with Crippen LogP contribution in [0.1, 0.15) is 27.0 Å². The van der Waals surface area contributed by atoms with Gasteiger partial charge in [-0.25, -0.2) is 4.79 Å². The predicted octanol–water partition coefficient (Wildman–Crippen LogP) is 2.80. The number of carbonyl (C=O) groups is 2. The van der Waals surface area contributed by atoms with Gasteiger partial charge in [0.2, 0.25) is 17.8 Å². The third-order valence-corrected chi connectivity index (χ3v) is 4.21. The van der Waals surface area contributed by atoms with Crippen LogP contribution in [0.5, 0.6) is 23.0 Å². The Bertz CT molecular complexity index is 934. The Morgan fingerprint density at radius 3 is 1.83 bits per heavy atom. The maximum Gasteiger partial charge on any atom is 0.335 e. The van der Waals surface area contributed by atoms with E-state index in [1.54, 1.807) is 52.7 Å². The van der Waals surface area contributed by atoms with Gasteiger partial charge in [0.25, 0.3) is 0 Å². The summed E-state index contributed by atoms with van der Waals surface area (Å²) in [6.45, 7) is 1.92. The van der Waals surface area contributed by atoms with E-state index in [0.29, 0.717) is 35.7 Å². The summed E-state index contributed by atoms with van der Waals surface area (Å²) < 4.78 is 22.0. The lowest BCUT2D eigenvalue weighted by Crippen LogP contribution is -2.05. The highest BCUT2D eigenvalue weighted by molar-refractivity contribution is 6.09. The second-order valence-corrected chi connectivity index (χ2v) is 5.82. The molecule has 1 N–H and O–H groups in total. The van der Waals surface area contributed by atoms with Crippen LogP contribution in [0.4, 0.5) is 0 Å². The summed E-state index contributed by atoms with van der Waals surface area (Å²) in [5.41, 5.74) is 10.4. The molecule has 2 aromatic rings. The van der Waals surface area contributed by atoms with Crippen LogP contribution in [0.25, 0.3) is 5.53 Å². The monoisotopic (exact) mass is 416 g/mol. The predicted molar refractivity (Wildman–Crippen MR) is 109 cm³/mol. The van der Waals surface area contributed by atoms with Crippen molar-refractivity contribution in [2.24, 2.45) is 0 Å². The van der Waals surface area contributed by atoms with Gasteiger partial charge in [0.05, 0.1) is 34.0 Å². The van der Waals surface area contributed by atoms with Gasteiger partial charge in [-0.3, -0.25) is 4.79 Å². The van der Waals surface area contributed by atoms with E-state index < -0.39 is 5.97 Å². The smallest absolute Gasteiger partial charge is 0.335 e. The molecule has 0 amide bonds. The van der Waals surface area contributed by atoms with E-state index in [9.17, 15) is 4.79 Å². The number of aromatic carboxylic acids is 1. The first-order valence-corrected chi connectivity index (χ1v) is 8.68. The Morgan fingerprint density at radius 1 is 0.967 bits per heavy atom. The third-order valence-electron chi connectivity index (χ3n) is 4.21. The molecule has 0 unspecified atom stereocenters. The first-order valence-electron chi connectivity index (χ1n) is 8.68. The molecular weight excluding hydrogens is 392 g/mol. The van der Waals surface area contributed by atoms with Gasteiger partial charge >= 0.3 is 12.2 Å². The number of benzene rings is 2. The number of methoxy groups -OCH3 is 4. The molecule has 2 aromatic carbocycles. The minimum absolute atomic E-state index is 0.248. The van der Waals surface area contributed by atoms with E-state index >= 15 is 0 Å². The summed E-state index contributed by atoms with van der Waals surface area (Å²) in [4.78, 5) is 22.5. The van der Waals surface area contributed by atoms with Crippen molar-refractivity contribution in [2.45, 2.75) is 13.3 Å². The van der Waals surface area contributed by atoms with Crippen LogP contribution in [0.15, 0.2) is 24.3 Å². The highest BCUT2D eigenvalue weighted by Crippen LogP contribution is 2.49. The van der Waals surface area contributed by atoms with Crippen molar-refractivity contribution in [3.05, 3.63) is 52.1 Å². The SMILES string of the molecule is COc1c(C)c(Cc2ccc(C(=O)O)cc2)c(OC)c(OC)c1OC.[N-]=[N+]=CC=O. The maximum absolute atomic E-state index is 11.0. The van der Waals surface area contributed by atoms with Crippen LogP contribution >= 0.6 is 0 Å². The molecule has 0 aliphatic carbocycles. The Hall–Kier alpha value is -3.84. The van der Waals surface area contributed by atoms with Crippen molar-refractivity contribution in [3.8, 4) is 23.0 Å². The van der Waals surface area contributed by atoms with Crippen LogP contribution < -0.4 is 18.9 Å². The van der Waals surface area contributed by atoms with Crippen molar-refractivity contribution in [3.63, 3.8) is 0 Å². The number of rotatable bonds is 8. The summed E-state index contributed by atoms with van der Waals surface area (Å²) in [5, 5.41) is 9.02. The third kappa shape index (κ3) is 5.59. The van der Waals surface area contributed by atoms with Crippen molar-refractivity contribution in [1.29, 1.82) is 0 Å². The van der Waals surface area contributed by atoms with Gasteiger partial charge in [-0.2, -0.15) is 4.79 Å². The number of hydrogen-bond donors (Lipinski definition) is 1. The molecule has 0 saturated heterocycles. The fraction of sp³-hybridized carbons (Fsp3) is 0.286. The molecule has 0 saturated carbocycles. The summed E-state index contributed by atoms with van der Waals surface area (Å²) in [6.07, 6.45) is 1.67. The Labute approximate surface area is 174 Å². The number of carboxylic acid groups (broad SMARTS) is 1. The average Bonchev–Trinajstić information content (AvgIpc) is 2.75. The van der Waals surface area contributed by atoms with E-state index in [1.165, 1.54) is 0 Å². The fourth-order valence-corrected chi connectivity index (χ4v) is 2.86. The van der Waals surface area contributed by atoms with Gasteiger partial charge in [0.15, 0.2) is 11.5 Å². The average molecular weight is 416 g/mol. The van der Waals surface area contributed by atoms with Crippen LogP contribution in [-0.2, 0) is 11.2 Å². The van der Waals surface area contributed by atoms with Crippen LogP contribution in [0, 0.1) is 6.92 Å². The quantitative estimate of drug-likeness (QED) is 0.303. The molecule has 9 heteroatoms. The molecule has 0 heterocycles. The van der Waals surface area contributed by atoms with E-state index in [0.717, 1.165) is 22.9 Å². The highest BCUT2D eigenvalue weighted by atomic mass is 16.5. The van der Waals surface area contributed by atoms with Gasteiger partial charge in [0.1, 0.15) is 0 Å². The molecule has 0 bridgehead atoms. The summed E-state index contributed by atoms with van der Waals surface area (Å²) in [6, 6.07) is 6.73. The molecule has 30 heavy (non-hydrogen) atoms. The number of carbonyl (C=O) groups excluding carboxylic acids is 1. The first kappa shape index (κ1) is 24.2. The van der Waals surface area contributed by atoms with Crippen LogP contribution in [0.2, 0.25) is 0 Å². The molecule has 9 nitrogen and oxygen atoms in total. The van der Waals surface area contributed by atoms with E-state index in [1.807, 2.05) is 6.92 Å². The highest BCUT2D eigenvalue weighted by Gasteiger charge is 2.25. The Kier molecular flexibility index (Phi) is 9.58. The Balaban J connectivity index is 0.000000804. The summed E-state index contributed by atoms with van der Waals surface area (Å²) in [5.74, 6) is 1.14. The molecule has 0 fully saturated rings. The van der Waals surface area contributed by atoms with Crippen molar-refractivity contribution < 1.29 is 38.4 Å². The van der Waals surface area contributed by atoms with Crippen LogP contribution in [-0.4, -0.2) is 56.8 Å². The second kappa shape index (κ2) is 11.9. The zero-order chi connectivity index (χ0) is 22.7. The zero-order valence-corrected chi connectivity index (χ0v) is 17.5. The summed E-state index contributed by atoms with van der Waals surface area (Å²) in [7, 11) is 6.23. The lowest BCUT2D eigenvalue weighted by Gasteiger charge is -2.21. The number of aldehydes is 1. The molecule has 0 aliphatic rings. The van der Waals surface area contributed by atoms with Crippen molar-refractivity contribution in [2.75, 3.05) is 28.4 Å². The first-order chi connectivity index (χ1) is 14.4. The van der Waals surface area contributed by atoms with E-state index in [-0.39, 0.29) is 5.56 Å². The topological polar surface area (TPSA) is 128 Å². The maximum atomic E-state index is 11.0. The number of carboxylic acids is 1.